The number of carbonyl (C=O) groups excluding carboxylic acids is 1. The molecule has 0 N–H and O–H groups in total. The van der Waals surface area contributed by atoms with Crippen LogP contribution >= 0.6 is 23.2 Å². The smallest absolute Gasteiger partial charge is 0.329 e. The SMILES string of the molecule is Cn1c(C(=O)N(Cc2ccccc2[N+](=O)[O-])CC(F)(F)F)cc(Cl)c1Cl. The zero-order valence-corrected chi connectivity index (χ0v) is 14.8. The molecule has 0 aliphatic heterocycles. The van der Waals surface area contributed by atoms with Gasteiger partial charge in [0.25, 0.3) is 11.6 Å². The van der Waals surface area contributed by atoms with Crippen molar-refractivity contribution >= 4 is 34.8 Å². The van der Waals surface area contributed by atoms with E-state index in [9.17, 15) is 28.1 Å². The van der Waals surface area contributed by atoms with Crippen molar-refractivity contribution in [3.8, 4) is 0 Å². The van der Waals surface area contributed by atoms with E-state index in [0.29, 0.717) is 4.90 Å². The zero-order valence-electron chi connectivity index (χ0n) is 13.3. The summed E-state index contributed by atoms with van der Waals surface area (Å²) in [6.45, 7) is -2.19. The van der Waals surface area contributed by atoms with Crippen LogP contribution in [0.5, 0.6) is 0 Å². The Morgan fingerprint density at radius 1 is 1.31 bits per heavy atom. The van der Waals surface area contributed by atoms with Crippen LogP contribution in [0.3, 0.4) is 0 Å². The lowest BCUT2D eigenvalue weighted by atomic mass is 10.1. The summed E-state index contributed by atoms with van der Waals surface area (Å²) >= 11 is 11.7. The van der Waals surface area contributed by atoms with Gasteiger partial charge in [-0.25, -0.2) is 0 Å². The van der Waals surface area contributed by atoms with Crippen LogP contribution < -0.4 is 0 Å². The fourth-order valence-electron chi connectivity index (χ4n) is 2.35. The van der Waals surface area contributed by atoms with E-state index in [0.717, 1.165) is 16.7 Å². The van der Waals surface area contributed by atoms with Crippen LogP contribution in [0.2, 0.25) is 10.2 Å². The standard InChI is InChI=1S/C15H12Cl2F3N3O3/c1-21-12(6-10(16)13(21)17)14(24)22(8-15(18,19)20)7-9-4-2-3-5-11(9)23(25)26/h2-6H,7-8H2,1H3. The number of amides is 1. The average molecular weight is 410 g/mol. The summed E-state index contributed by atoms with van der Waals surface area (Å²) < 4.78 is 40.0. The first kappa shape index (κ1) is 20.1. The van der Waals surface area contributed by atoms with Gasteiger partial charge in [-0.15, -0.1) is 0 Å². The second-order valence-corrected chi connectivity index (χ2v) is 6.15. The Labute approximate surface area is 155 Å². The van der Waals surface area contributed by atoms with E-state index >= 15 is 0 Å². The van der Waals surface area contributed by atoms with Gasteiger partial charge in [0.05, 0.1) is 16.5 Å². The molecule has 26 heavy (non-hydrogen) atoms. The normalized spacial score (nSPS) is 11.5. The number of rotatable bonds is 5. The molecule has 0 bridgehead atoms. The van der Waals surface area contributed by atoms with Gasteiger partial charge in [0.15, 0.2) is 0 Å². The predicted molar refractivity (Wildman–Crippen MR) is 89.3 cm³/mol. The maximum absolute atomic E-state index is 12.9. The minimum Gasteiger partial charge on any atom is -0.329 e. The number of hydrogen-bond donors (Lipinski definition) is 0. The molecular weight excluding hydrogens is 398 g/mol. The van der Waals surface area contributed by atoms with Crippen LogP contribution in [-0.4, -0.2) is 33.0 Å². The third kappa shape index (κ3) is 4.47. The molecule has 11 heteroatoms. The van der Waals surface area contributed by atoms with Gasteiger partial charge in [0, 0.05) is 18.7 Å². The van der Waals surface area contributed by atoms with Crippen LogP contribution in [0.15, 0.2) is 30.3 Å². The highest BCUT2D eigenvalue weighted by Gasteiger charge is 2.35. The minimum absolute atomic E-state index is 0.00679. The van der Waals surface area contributed by atoms with Gasteiger partial charge < -0.3 is 9.47 Å². The molecule has 0 aliphatic rings. The number of hydrogen-bond acceptors (Lipinski definition) is 3. The number of nitro benzene ring substituents is 1. The van der Waals surface area contributed by atoms with Crippen molar-refractivity contribution in [3.05, 3.63) is 61.9 Å². The van der Waals surface area contributed by atoms with Crippen molar-refractivity contribution in [2.75, 3.05) is 6.54 Å². The summed E-state index contributed by atoms with van der Waals surface area (Å²) in [6, 6.07) is 6.42. The summed E-state index contributed by atoms with van der Waals surface area (Å²) in [5, 5.41) is 11.1. The Kier molecular flexibility index (Phi) is 5.82. The topological polar surface area (TPSA) is 68.4 Å². The van der Waals surface area contributed by atoms with Crippen LogP contribution in [0, 0.1) is 10.1 Å². The van der Waals surface area contributed by atoms with Gasteiger partial charge >= 0.3 is 6.18 Å². The number of alkyl halides is 3. The monoisotopic (exact) mass is 409 g/mol. The van der Waals surface area contributed by atoms with Gasteiger partial charge in [-0.05, 0) is 6.07 Å². The highest BCUT2D eigenvalue weighted by molar-refractivity contribution is 6.41. The molecule has 1 heterocycles. The first-order valence-corrected chi connectivity index (χ1v) is 7.86. The van der Waals surface area contributed by atoms with E-state index in [4.69, 9.17) is 23.2 Å². The lowest BCUT2D eigenvalue weighted by molar-refractivity contribution is -0.385. The molecule has 0 unspecified atom stereocenters. The van der Waals surface area contributed by atoms with E-state index < -0.39 is 30.1 Å². The number of para-hydroxylation sites is 1. The van der Waals surface area contributed by atoms with Crippen molar-refractivity contribution in [2.24, 2.45) is 7.05 Å². The molecule has 0 saturated heterocycles. The third-order valence-electron chi connectivity index (χ3n) is 3.54. The first-order chi connectivity index (χ1) is 12.0. The maximum atomic E-state index is 12.9. The summed E-state index contributed by atoms with van der Waals surface area (Å²) in [4.78, 5) is 23.4. The van der Waals surface area contributed by atoms with E-state index in [2.05, 4.69) is 0 Å². The molecule has 0 fully saturated rings. The third-order valence-corrected chi connectivity index (χ3v) is 4.38. The molecule has 1 aromatic heterocycles. The fourth-order valence-corrected chi connectivity index (χ4v) is 2.73. The van der Waals surface area contributed by atoms with E-state index in [1.807, 2.05) is 0 Å². The second kappa shape index (κ2) is 7.55. The molecule has 2 aromatic rings. The summed E-state index contributed by atoms with van der Waals surface area (Å²) in [5.74, 6) is -1.00. The summed E-state index contributed by atoms with van der Waals surface area (Å²) in [5.41, 5.74) is -0.570. The van der Waals surface area contributed by atoms with E-state index in [-0.39, 0.29) is 27.1 Å². The van der Waals surface area contributed by atoms with Crippen LogP contribution in [0.4, 0.5) is 18.9 Å². The van der Waals surface area contributed by atoms with Crippen molar-refractivity contribution in [1.29, 1.82) is 0 Å². The average Bonchev–Trinajstić information content (AvgIpc) is 2.80. The number of nitrogens with zero attached hydrogens (tertiary/aromatic N) is 3. The Morgan fingerprint density at radius 3 is 2.42 bits per heavy atom. The Hall–Kier alpha value is -2.26. The van der Waals surface area contributed by atoms with E-state index in [1.54, 1.807) is 0 Å². The Bertz CT molecular complexity index is 852. The highest BCUT2D eigenvalue weighted by Crippen LogP contribution is 2.28. The van der Waals surface area contributed by atoms with Gasteiger partial charge in [0.2, 0.25) is 0 Å². The van der Waals surface area contributed by atoms with Crippen molar-refractivity contribution in [1.82, 2.24) is 9.47 Å². The van der Waals surface area contributed by atoms with Crippen LogP contribution in [-0.2, 0) is 13.6 Å². The molecule has 2 rings (SSSR count). The van der Waals surface area contributed by atoms with Crippen molar-refractivity contribution in [2.45, 2.75) is 12.7 Å². The number of halogens is 5. The lowest BCUT2D eigenvalue weighted by Crippen LogP contribution is -2.39. The molecule has 0 atom stereocenters. The molecule has 0 spiro atoms. The summed E-state index contributed by atoms with van der Waals surface area (Å²) in [7, 11) is 1.37. The van der Waals surface area contributed by atoms with Gasteiger partial charge in [-0.2, -0.15) is 13.2 Å². The maximum Gasteiger partial charge on any atom is 0.406 e. The minimum atomic E-state index is -4.70. The predicted octanol–water partition coefficient (Wildman–Crippen LogP) is 4.44. The van der Waals surface area contributed by atoms with E-state index in [1.165, 1.54) is 25.2 Å². The molecule has 1 amide bonds. The molecule has 6 nitrogen and oxygen atoms in total. The zero-order chi connectivity index (χ0) is 19.6. The largest absolute Gasteiger partial charge is 0.406 e. The van der Waals surface area contributed by atoms with Gasteiger partial charge in [0.1, 0.15) is 17.4 Å². The molecule has 0 aliphatic carbocycles. The van der Waals surface area contributed by atoms with Crippen LogP contribution in [0.1, 0.15) is 16.1 Å². The highest BCUT2D eigenvalue weighted by atomic mass is 35.5. The van der Waals surface area contributed by atoms with Crippen molar-refractivity contribution in [3.63, 3.8) is 0 Å². The van der Waals surface area contributed by atoms with Gasteiger partial charge in [-0.3, -0.25) is 14.9 Å². The molecule has 140 valence electrons. The Balaban J connectivity index is 2.43. The number of aromatic nitrogens is 1. The quantitative estimate of drug-likeness (QED) is 0.541. The number of benzene rings is 1. The Morgan fingerprint density at radius 2 is 1.92 bits per heavy atom. The second-order valence-electron chi connectivity index (χ2n) is 5.39. The molecule has 1 aromatic carbocycles. The van der Waals surface area contributed by atoms with Crippen LogP contribution in [0.25, 0.3) is 0 Å². The number of nitro groups is 1. The fraction of sp³-hybridized carbons (Fsp3) is 0.267. The number of carbonyl (C=O) groups is 1. The lowest BCUT2D eigenvalue weighted by Gasteiger charge is -2.24. The van der Waals surface area contributed by atoms with Gasteiger partial charge in [-0.1, -0.05) is 41.4 Å². The molecular formula is C15H12Cl2F3N3O3. The van der Waals surface area contributed by atoms with Crippen molar-refractivity contribution < 1.29 is 22.9 Å². The molecule has 0 radical (unpaired) electrons. The first-order valence-electron chi connectivity index (χ1n) is 7.10. The molecule has 0 saturated carbocycles. The summed E-state index contributed by atoms with van der Waals surface area (Å²) in [6.07, 6.45) is -4.70.